The molecule has 1 amide bonds. The highest BCUT2D eigenvalue weighted by Crippen LogP contribution is 2.22. The first-order valence-corrected chi connectivity index (χ1v) is 6.39. The van der Waals surface area contributed by atoms with Crippen LogP contribution in [0.4, 0.5) is 5.95 Å². The van der Waals surface area contributed by atoms with Gasteiger partial charge in [-0.25, -0.2) is 0 Å². The molecule has 0 atom stereocenters. The fourth-order valence-electron chi connectivity index (χ4n) is 1.90. The summed E-state index contributed by atoms with van der Waals surface area (Å²) in [6.07, 6.45) is 0. The van der Waals surface area contributed by atoms with Gasteiger partial charge in [0.05, 0.1) is 0 Å². The maximum absolute atomic E-state index is 11.4. The number of carbonyl (C=O) groups is 1. The molecule has 2 rings (SSSR count). The van der Waals surface area contributed by atoms with Gasteiger partial charge >= 0.3 is 0 Å². The molecule has 1 fully saturated rings. The van der Waals surface area contributed by atoms with Crippen molar-refractivity contribution in [3.05, 3.63) is 5.89 Å². The SMILES string of the molecule is CC(C)(C)c1nc(N2CCN(C(=O)CO)CC2)no1. The van der Waals surface area contributed by atoms with Crippen LogP contribution in [0.1, 0.15) is 26.7 Å². The topological polar surface area (TPSA) is 82.7 Å². The summed E-state index contributed by atoms with van der Waals surface area (Å²) in [5, 5.41) is 12.8. The van der Waals surface area contributed by atoms with Crippen LogP contribution in [-0.4, -0.2) is 58.8 Å². The van der Waals surface area contributed by atoms with E-state index in [2.05, 4.69) is 10.1 Å². The maximum Gasteiger partial charge on any atom is 0.266 e. The Morgan fingerprint density at radius 3 is 2.42 bits per heavy atom. The molecule has 7 heteroatoms. The first-order chi connectivity index (χ1) is 8.91. The van der Waals surface area contributed by atoms with E-state index in [1.165, 1.54) is 0 Å². The molecule has 2 heterocycles. The van der Waals surface area contributed by atoms with E-state index < -0.39 is 6.61 Å². The van der Waals surface area contributed by atoms with Crippen molar-refractivity contribution in [2.24, 2.45) is 0 Å². The van der Waals surface area contributed by atoms with Crippen molar-refractivity contribution in [3.8, 4) is 0 Å². The molecular weight excluding hydrogens is 248 g/mol. The molecule has 1 aliphatic heterocycles. The lowest BCUT2D eigenvalue weighted by atomic mass is 9.97. The fourth-order valence-corrected chi connectivity index (χ4v) is 1.90. The molecule has 106 valence electrons. The molecule has 0 aliphatic carbocycles. The van der Waals surface area contributed by atoms with Crippen LogP contribution in [-0.2, 0) is 10.2 Å². The minimum absolute atomic E-state index is 0.167. The van der Waals surface area contributed by atoms with Gasteiger partial charge < -0.3 is 19.4 Å². The monoisotopic (exact) mass is 268 g/mol. The molecule has 1 aliphatic rings. The Balaban J connectivity index is 1.98. The number of aliphatic hydroxyl groups is 1. The molecule has 7 nitrogen and oxygen atoms in total. The quantitative estimate of drug-likeness (QED) is 0.813. The van der Waals surface area contributed by atoms with Crippen molar-refractivity contribution < 1.29 is 14.4 Å². The van der Waals surface area contributed by atoms with Gasteiger partial charge in [-0.1, -0.05) is 20.8 Å². The number of piperazine rings is 1. The minimum atomic E-state index is -0.434. The second kappa shape index (κ2) is 5.16. The molecule has 1 N–H and O–H groups in total. The zero-order valence-corrected chi connectivity index (χ0v) is 11.6. The summed E-state index contributed by atoms with van der Waals surface area (Å²) in [6.45, 7) is 8.05. The third kappa shape index (κ3) is 3.04. The predicted molar refractivity (Wildman–Crippen MR) is 68.9 cm³/mol. The lowest BCUT2D eigenvalue weighted by Gasteiger charge is -2.33. The van der Waals surface area contributed by atoms with Crippen LogP contribution < -0.4 is 4.90 Å². The number of hydrogen-bond acceptors (Lipinski definition) is 6. The van der Waals surface area contributed by atoms with Crippen LogP contribution in [0.25, 0.3) is 0 Å². The second-order valence-corrected chi connectivity index (χ2v) is 5.68. The van der Waals surface area contributed by atoms with Crippen molar-refractivity contribution in [2.75, 3.05) is 37.7 Å². The van der Waals surface area contributed by atoms with E-state index in [4.69, 9.17) is 9.63 Å². The van der Waals surface area contributed by atoms with E-state index in [0.29, 0.717) is 38.0 Å². The number of rotatable bonds is 2. The molecule has 0 unspecified atom stereocenters. The van der Waals surface area contributed by atoms with Crippen molar-refractivity contribution in [3.63, 3.8) is 0 Å². The van der Waals surface area contributed by atoms with Crippen LogP contribution in [0, 0.1) is 0 Å². The molecule has 0 saturated carbocycles. The Bertz CT molecular complexity index is 444. The van der Waals surface area contributed by atoms with Crippen LogP contribution in [0.3, 0.4) is 0 Å². The van der Waals surface area contributed by atoms with Gasteiger partial charge in [0.25, 0.3) is 5.95 Å². The predicted octanol–water partition coefficient (Wildman–Crippen LogP) is 0.00800. The summed E-state index contributed by atoms with van der Waals surface area (Å²) >= 11 is 0. The lowest BCUT2D eigenvalue weighted by molar-refractivity contribution is -0.134. The first kappa shape index (κ1) is 13.8. The largest absolute Gasteiger partial charge is 0.387 e. The fraction of sp³-hybridized carbons (Fsp3) is 0.750. The smallest absolute Gasteiger partial charge is 0.266 e. The van der Waals surface area contributed by atoms with E-state index in [0.717, 1.165) is 0 Å². The number of amides is 1. The minimum Gasteiger partial charge on any atom is -0.387 e. The van der Waals surface area contributed by atoms with Crippen molar-refractivity contribution in [2.45, 2.75) is 26.2 Å². The van der Waals surface area contributed by atoms with Gasteiger partial charge in [0.1, 0.15) is 6.61 Å². The second-order valence-electron chi connectivity index (χ2n) is 5.68. The van der Waals surface area contributed by atoms with Gasteiger partial charge in [-0.2, -0.15) is 4.98 Å². The number of aliphatic hydroxyl groups excluding tert-OH is 1. The summed E-state index contributed by atoms with van der Waals surface area (Å²) in [5.41, 5.74) is -0.167. The van der Waals surface area contributed by atoms with Crippen LogP contribution in [0.2, 0.25) is 0 Å². The van der Waals surface area contributed by atoms with Gasteiger partial charge in [-0.3, -0.25) is 4.79 Å². The Kier molecular flexibility index (Phi) is 3.75. The number of carbonyl (C=O) groups excluding carboxylic acids is 1. The zero-order valence-electron chi connectivity index (χ0n) is 11.6. The van der Waals surface area contributed by atoms with Gasteiger partial charge in [-0.05, 0) is 5.16 Å². The number of nitrogens with zero attached hydrogens (tertiary/aromatic N) is 4. The number of hydrogen-bond donors (Lipinski definition) is 1. The molecular formula is C12H20N4O3. The highest BCUT2D eigenvalue weighted by atomic mass is 16.5. The van der Waals surface area contributed by atoms with Gasteiger partial charge in [0.15, 0.2) is 0 Å². The third-order valence-electron chi connectivity index (χ3n) is 3.11. The van der Waals surface area contributed by atoms with Crippen molar-refractivity contribution in [1.82, 2.24) is 15.0 Å². The van der Waals surface area contributed by atoms with Crippen molar-refractivity contribution in [1.29, 1.82) is 0 Å². The zero-order chi connectivity index (χ0) is 14.0. The molecule has 1 aromatic rings. The van der Waals surface area contributed by atoms with Crippen LogP contribution >= 0.6 is 0 Å². The first-order valence-electron chi connectivity index (χ1n) is 6.39. The highest BCUT2D eigenvalue weighted by molar-refractivity contribution is 5.77. The summed E-state index contributed by atoms with van der Waals surface area (Å²) in [4.78, 5) is 19.4. The third-order valence-corrected chi connectivity index (χ3v) is 3.11. The van der Waals surface area contributed by atoms with Gasteiger partial charge in [-0.15, -0.1) is 0 Å². The van der Waals surface area contributed by atoms with Crippen molar-refractivity contribution >= 4 is 11.9 Å². The van der Waals surface area contributed by atoms with Crippen LogP contribution in [0.5, 0.6) is 0 Å². The molecule has 1 saturated heterocycles. The molecule has 0 radical (unpaired) electrons. The van der Waals surface area contributed by atoms with E-state index >= 15 is 0 Å². The summed E-state index contributed by atoms with van der Waals surface area (Å²) < 4.78 is 5.25. The maximum atomic E-state index is 11.4. The Morgan fingerprint density at radius 2 is 1.95 bits per heavy atom. The molecule has 19 heavy (non-hydrogen) atoms. The average Bonchev–Trinajstić information content (AvgIpc) is 2.87. The lowest BCUT2D eigenvalue weighted by Crippen LogP contribution is -2.49. The summed E-state index contributed by atoms with van der Waals surface area (Å²) in [6, 6.07) is 0. The Hall–Kier alpha value is -1.63. The number of anilines is 1. The molecule has 0 aromatic carbocycles. The van der Waals surface area contributed by atoms with E-state index in [-0.39, 0.29) is 11.3 Å². The van der Waals surface area contributed by atoms with E-state index in [1.807, 2.05) is 25.7 Å². The summed E-state index contributed by atoms with van der Waals surface area (Å²) in [5.74, 6) is 0.945. The Morgan fingerprint density at radius 1 is 1.32 bits per heavy atom. The van der Waals surface area contributed by atoms with Crippen LogP contribution in [0.15, 0.2) is 4.52 Å². The molecule has 0 spiro atoms. The number of aromatic nitrogens is 2. The normalized spacial score (nSPS) is 16.8. The van der Waals surface area contributed by atoms with Gasteiger partial charge in [0, 0.05) is 31.6 Å². The standard InChI is InChI=1S/C12H20N4O3/c1-12(2,3)10-13-11(14-19-10)16-6-4-15(5-7-16)9(18)8-17/h17H,4-8H2,1-3H3. The Labute approximate surface area is 112 Å². The highest BCUT2D eigenvalue weighted by Gasteiger charge is 2.26. The molecule has 0 bridgehead atoms. The summed E-state index contributed by atoms with van der Waals surface area (Å²) in [7, 11) is 0. The van der Waals surface area contributed by atoms with Gasteiger partial charge in [0.2, 0.25) is 11.8 Å². The van der Waals surface area contributed by atoms with E-state index in [9.17, 15) is 4.79 Å². The average molecular weight is 268 g/mol. The van der Waals surface area contributed by atoms with E-state index in [1.54, 1.807) is 4.90 Å². The molecule has 1 aromatic heterocycles.